The number of hydrogen-bond donors (Lipinski definition) is 2. The molecule has 1 heterocycles. The minimum atomic E-state index is 0.311. The maximum absolute atomic E-state index is 5.61. The first-order valence-corrected chi connectivity index (χ1v) is 6.22. The van der Waals surface area contributed by atoms with E-state index < -0.39 is 0 Å². The van der Waals surface area contributed by atoms with E-state index in [0.29, 0.717) is 10.7 Å². The molecule has 5 nitrogen and oxygen atoms in total. The number of thiocarbonyl (C=S) groups is 1. The molecule has 1 aromatic rings. The van der Waals surface area contributed by atoms with Gasteiger partial charge in [-0.2, -0.15) is 0 Å². The molecular weight excluding hydrogens is 248 g/mol. The first-order valence-electron chi connectivity index (χ1n) is 5.81. The second-order valence-corrected chi connectivity index (χ2v) is 4.43. The number of anilines is 1. The number of methoxy groups -OCH3 is 1. The number of nitrogens with zero attached hydrogens (tertiary/aromatic N) is 2. The Morgan fingerprint density at radius 3 is 3.00 bits per heavy atom. The molecule has 0 aliphatic carbocycles. The molecule has 6 heteroatoms. The second kappa shape index (κ2) is 7.97. The fourth-order valence-corrected chi connectivity index (χ4v) is 1.65. The van der Waals surface area contributed by atoms with Crippen molar-refractivity contribution in [2.75, 3.05) is 45.7 Å². The van der Waals surface area contributed by atoms with Gasteiger partial charge in [-0.05, 0) is 19.2 Å². The van der Waals surface area contributed by atoms with Crippen molar-refractivity contribution in [1.29, 1.82) is 0 Å². The van der Waals surface area contributed by atoms with Gasteiger partial charge in [-0.25, -0.2) is 0 Å². The topological polar surface area (TPSA) is 63.4 Å². The van der Waals surface area contributed by atoms with Crippen molar-refractivity contribution in [1.82, 2.24) is 9.88 Å². The molecule has 1 rings (SSSR count). The summed E-state index contributed by atoms with van der Waals surface area (Å²) in [4.78, 5) is 6.66. The molecule has 0 aliphatic rings. The Kier molecular flexibility index (Phi) is 6.56. The van der Waals surface area contributed by atoms with Crippen molar-refractivity contribution >= 4 is 22.9 Å². The summed E-state index contributed by atoms with van der Waals surface area (Å²) in [6, 6.07) is 3.79. The summed E-state index contributed by atoms with van der Waals surface area (Å²) >= 11 is 4.96. The molecule has 0 amide bonds. The summed E-state index contributed by atoms with van der Waals surface area (Å²) in [5.74, 6) is 0. The normalized spacial score (nSPS) is 10.6. The molecule has 0 unspecified atom stereocenters. The van der Waals surface area contributed by atoms with Gasteiger partial charge in [0.25, 0.3) is 0 Å². The van der Waals surface area contributed by atoms with Crippen molar-refractivity contribution in [3.8, 4) is 0 Å². The zero-order chi connectivity index (χ0) is 13.4. The lowest BCUT2D eigenvalue weighted by atomic mass is 10.3. The van der Waals surface area contributed by atoms with E-state index in [4.69, 9.17) is 22.7 Å². The van der Waals surface area contributed by atoms with Crippen LogP contribution in [0.25, 0.3) is 0 Å². The fraction of sp³-hybridized carbons (Fsp3) is 0.500. The van der Waals surface area contributed by atoms with Crippen LogP contribution in [-0.2, 0) is 4.74 Å². The molecule has 3 N–H and O–H groups in total. The molecule has 18 heavy (non-hydrogen) atoms. The summed E-state index contributed by atoms with van der Waals surface area (Å²) in [7, 11) is 3.76. The Hall–Kier alpha value is -1.24. The van der Waals surface area contributed by atoms with Crippen molar-refractivity contribution in [3.05, 3.63) is 24.0 Å². The lowest BCUT2D eigenvalue weighted by molar-refractivity contribution is 0.163. The van der Waals surface area contributed by atoms with Gasteiger partial charge in [0.1, 0.15) is 10.7 Å². The average Bonchev–Trinajstić information content (AvgIpc) is 2.36. The maximum atomic E-state index is 5.61. The fourth-order valence-electron chi connectivity index (χ4n) is 1.48. The minimum absolute atomic E-state index is 0.311. The molecule has 0 bridgehead atoms. The number of nitrogens with one attached hydrogen (secondary N) is 1. The van der Waals surface area contributed by atoms with Crippen LogP contribution in [0.4, 0.5) is 5.69 Å². The largest absolute Gasteiger partial charge is 0.388 e. The number of ether oxygens (including phenoxy) is 1. The SMILES string of the molecule is COCCN(C)CCNc1cccnc1C(N)=S. The van der Waals surface area contributed by atoms with E-state index >= 15 is 0 Å². The Labute approximate surface area is 113 Å². The lowest BCUT2D eigenvalue weighted by Gasteiger charge is -2.17. The number of aromatic nitrogens is 1. The zero-order valence-corrected chi connectivity index (χ0v) is 11.7. The quantitative estimate of drug-likeness (QED) is 0.677. The average molecular weight is 268 g/mol. The molecule has 0 saturated carbocycles. The van der Waals surface area contributed by atoms with Crippen LogP contribution in [0.3, 0.4) is 0 Å². The maximum Gasteiger partial charge on any atom is 0.124 e. The van der Waals surface area contributed by atoms with Crippen LogP contribution in [0.15, 0.2) is 18.3 Å². The molecule has 0 aromatic carbocycles. The highest BCUT2D eigenvalue weighted by Gasteiger charge is 2.05. The van der Waals surface area contributed by atoms with E-state index in [-0.39, 0.29) is 0 Å². The Balaban J connectivity index is 2.41. The highest BCUT2D eigenvalue weighted by Crippen LogP contribution is 2.11. The van der Waals surface area contributed by atoms with E-state index in [0.717, 1.165) is 31.9 Å². The Morgan fingerprint density at radius 1 is 1.56 bits per heavy atom. The van der Waals surface area contributed by atoms with Gasteiger partial charge >= 0.3 is 0 Å². The van der Waals surface area contributed by atoms with Gasteiger partial charge in [0.15, 0.2) is 0 Å². The van der Waals surface area contributed by atoms with Gasteiger partial charge in [0, 0.05) is 32.9 Å². The molecular formula is C12H20N4OS. The number of rotatable bonds is 8. The van der Waals surface area contributed by atoms with E-state index in [1.807, 2.05) is 12.1 Å². The van der Waals surface area contributed by atoms with Crippen LogP contribution in [-0.4, -0.2) is 55.3 Å². The third kappa shape index (κ3) is 4.95. The van der Waals surface area contributed by atoms with Crippen LogP contribution in [0.5, 0.6) is 0 Å². The van der Waals surface area contributed by atoms with Crippen LogP contribution in [0, 0.1) is 0 Å². The molecule has 100 valence electrons. The number of pyridine rings is 1. The van der Waals surface area contributed by atoms with Gasteiger partial charge in [-0.15, -0.1) is 0 Å². The zero-order valence-electron chi connectivity index (χ0n) is 10.8. The van der Waals surface area contributed by atoms with Crippen molar-refractivity contribution in [2.45, 2.75) is 0 Å². The third-order valence-electron chi connectivity index (χ3n) is 2.53. The Bertz CT molecular complexity index is 386. The second-order valence-electron chi connectivity index (χ2n) is 3.99. The van der Waals surface area contributed by atoms with Crippen LogP contribution >= 0.6 is 12.2 Å². The smallest absolute Gasteiger partial charge is 0.124 e. The minimum Gasteiger partial charge on any atom is -0.388 e. The summed E-state index contributed by atoms with van der Waals surface area (Å²) in [6.45, 7) is 3.37. The number of likely N-dealkylation sites (N-methyl/N-ethyl adjacent to an activating group) is 1. The Morgan fingerprint density at radius 2 is 2.33 bits per heavy atom. The summed E-state index contributed by atoms with van der Waals surface area (Å²) in [5, 5.41) is 3.29. The summed E-state index contributed by atoms with van der Waals surface area (Å²) in [6.07, 6.45) is 1.68. The molecule has 0 atom stereocenters. The monoisotopic (exact) mass is 268 g/mol. The first kappa shape index (κ1) is 14.8. The molecule has 0 spiro atoms. The van der Waals surface area contributed by atoms with E-state index in [2.05, 4.69) is 22.2 Å². The third-order valence-corrected chi connectivity index (χ3v) is 2.72. The van der Waals surface area contributed by atoms with Crippen LogP contribution in [0.2, 0.25) is 0 Å². The van der Waals surface area contributed by atoms with Gasteiger partial charge in [0.2, 0.25) is 0 Å². The summed E-state index contributed by atoms with van der Waals surface area (Å²) in [5.41, 5.74) is 7.14. The van der Waals surface area contributed by atoms with Crippen molar-refractivity contribution in [2.24, 2.45) is 5.73 Å². The van der Waals surface area contributed by atoms with Gasteiger partial charge < -0.3 is 20.7 Å². The highest BCUT2D eigenvalue weighted by molar-refractivity contribution is 7.80. The van der Waals surface area contributed by atoms with Crippen molar-refractivity contribution < 1.29 is 4.74 Å². The molecule has 0 radical (unpaired) electrons. The molecule has 0 aliphatic heterocycles. The van der Waals surface area contributed by atoms with Crippen LogP contribution in [0.1, 0.15) is 5.69 Å². The van der Waals surface area contributed by atoms with E-state index in [1.54, 1.807) is 13.3 Å². The summed E-state index contributed by atoms with van der Waals surface area (Å²) < 4.78 is 5.02. The van der Waals surface area contributed by atoms with Gasteiger partial charge in [0.05, 0.1) is 12.3 Å². The predicted octanol–water partition coefficient (Wildman–Crippen LogP) is 0.706. The number of nitrogens with two attached hydrogens (primary N) is 1. The van der Waals surface area contributed by atoms with E-state index in [9.17, 15) is 0 Å². The van der Waals surface area contributed by atoms with Crippen molar-refractivity contribution in [3.63, 3.8) is 0 Å². The number of hydrogen-bond acceptors (Lipinski definition) is 5. The van der Waals surface area contributed by atoms with Gasteiger partial charge in [-0.3, -0.25) is 4.98 Å². The molecule has 0 fully saturated rings. The molecule has 1 aromatic heterocycles. The van der Waals surface area contributed by atoms with Crippen LogP contribution < -0.4 is 11.1 Å². The molecule has 0 saturated heterocycles. The van der Waals surface area contributed by atoms with E-state index in [1.165, 1.54) is 0 Å². The standard InChI is InChI=1S/C12H20N4OS/c1-16(8-9-17-2)7-6-14-10-4-3-5-15-11(10)12(13)18/h3-5,14H,6-9H2,1-2H3,(H2,13,18). The highest BCUT2D eigenvalue weighted by atomic mass is 32.1. The predicted molar refractivity (Wildman–Crippen MR) is 78.0 cm³/mol. The lowest BCUT2D eigenvalue weighted by Crippen LogP contribution is -2.28. The van der Waals surface area contributed by atoms with Gasteiger partial charge in [-0.1, -0.05) is 12.2 Å². The first-order chi connectivity index (χ1) is 8.65.